The van der Waals surface area contributed by atoms with Crippen molar-refractivity contribution in [3.05, 3.63) is 64.4 Å². The van der Waals surface area contributed by atoms with Crippen molar-refractivity contribution in [3.8, 4) is 0 Å². The molecular formula is C15H15ClN2. The maximum atomic E-state index is 6.24. The highest BCUT2D eigenvalue weighted by Crippen LogP contribution is 2.25. The average Bonchev–Trinajstić information content (AvgIpc) is 2.41. The number of benzene rings is 1. The van der Waals surface area contributed by atoms with Gasteiger partial charge in [0.2, 0.25) is 0 Å². The summed E-state index contributed by atoms with van der Waals surface area (Å²) >= 11 is 6.24. The number of hydrogen-bond acceptors (Lipinski definition) is 2. The Bertz CT molecular complexity index is 539. The van der Waals surface area contributed by atoms with Crippen LogP contribution in [-0.2, 0) is 19.5 Å². The maximum absolute atomic E-state index is 6.24. The predicted octanol–water partition coefficient (Wildman–Crippen LogP) is 3.29. The van der Waals surface area contributed by atoms with Gasteiger partial charge in [0.15, 0.2) is 0 Å². The maximum Gasteiger partial charge on any atom is 0.0484 e. The van der Waals surface area contributed by atoms with E-state index in [9.17, 15) is 0 Å². The standard InChI is InChI=1S/C15H15ClN2/c16-14-6-8-17-15-7-9-18(11-13(14)15)10-12-4-2-1-3-5-12/h1-6,8H,7,9-11H2. The van der Waals surface area contributed by atoms with Gasteiger partial charge in [0.1, 0.15) is 0 Å². The van der Waals surface area contributed by atoms with Gasteiger partial charge in [-0.15, -0.1) is 0 Å². The van der Waals surface area contributed by atoms with E-state index in [-0.39, 0.29) is 0 Å². The van der Waals surface area contributed by atoms with Gasteiger partial charge < -0.3 is 0 Å². The normalized spacial score (nSPS) is 15.4. The fraction of sp³-hybridized carbons (Fsp3) is 0.267. The van der Waals surface area contributed by atoms with Gasteiger partial charge in [-0.2, -0.15) is 0 Å². The Balaban J connectivity index is 1.77. The minimum Gasteiger partial charge on any atom is -0.294 e. The average molecular weight is 259 g/mol. The molecule has 3 heteroatoms. The highest BCUT2D eigenvalue weighted by atomic mass is 35.5. The summed E-state index contributed by atoms with van der Waals surface area (Å²) < 4.78 is 0. The van der Waals surface area contributed by atoms with Crippen LogP contribution in [0.4, 0.5) is 0 Å². The molecule has 0 bridgehead atoms. The topological polar surface area (TPSA) is 16.1 Å². The third kappa shape index (κ3) is 2.40. The van der Waals surface area contributed by atoms with Crippen LogP contribution < -0.4 is 0 Å². The second-order valence-electron chi connectivity index (χ2n) is 4.66. The lowest BCUT2D eigenvalue weighted by Gasteiger charge is -2.28. The van der Waals surface area contributed by atoms with Gasteiger partial charge in [0.25, 0.3) is 0 Å². The van der Waals surface area contributed by atoms with Gasteiger partial charge in [-0.1, -0.05) is 41.9 Å². The van der Waals surface area contributed by atoms with Crippen LogP contribution in [0.3, 0.4) is 0 Å². The van der Waals surface area contributed by atoms with Crippen molar-refractivity contribution < 1.29 is 0 Å². The Morgan fingerprint density at radius 1 is 1.17 bits per heavy atom. The second kappa shape index (κ2) is 5.09. The summed E-state index contributed by atoms with van der Waals surface area (Å²) in [6.45, 7) is 2.93. The first kappa shape index (κ1) is 11.7. The quantitative estimate of drug-likeness (QED) is 0.822. The molecule has 92 valence electrons. The summed E-state index contributed by atoms with van der Waals surface area (Å²) in [7, 11) is 0. The lowest BCUT2D eigenvalue weighted by Crippen LogP contribution is -2.30. The summed E-state index contributed by atoms with van der Waals surface area (Å²) in [5.41, 5.74) is 3.70. The number of halogens is 1. The molecule has 18 heavy (non-hydrogen) atoms. The van der Waals surface area contributed by atoms with Crippen LogP contribution in [0.1, 0.15) is 16.8 Å². The van der Waals surface area contributed by atoms with Gasteiger partial charge in [0, 0.05) is 48.5 Å². The van der Waals surface area contributed by atoms with E-state index in [1.54, 1.807) is 6.20 Å². The van der Waals surface area contributed by atoms with Crippen LogP contribution in [-0.4, -0.2) is 16.4 Å². The Hall–Kier alpha value is -1.38. The molecule has 0 spiro atoms. The minimum absolute atomic E-state index is 0.845. The van der Waals surface area contributed by atoms with E-state index < -0.39 is 0 Å². The van der Waals surface area contributed by atoms with Gasteiger partial charge in [-0.25, -0.2) is 0 Å². The molecule has 0 amide bonds. The zero-order valence-corrected chi connectivity index (χ0v) is 10.9. The van der Waals surface area contributed by atoms with Crippen LogP contribution in [0, 0.1) is 0 Å². The number of fused-ring (bicyclic) bond motifs is 1. The monoisotopic (exact) mass is 258 g/mol. The van der Waals surface area contributed by atoms with Crippen molar-refractivity contribution in [1.82, 2.24) is 9.88 Å². The summed E-state index contributed by atoms with van der Waals surface area (Å²) in [5, 5.41) is 0.845. The largest absolute Gasteiger partial charge is 0.294 e. The van der Waals surface area contributed by atoms with Gasteiger partial charge in [-0.3, -0.25) is 9.88 Å². The number of pyridine rings is 1. The Morgan fingerprint density at radius 3 is 2.83 bits per heavy atom. The summed E-state index contributed by atoms with van der Waals surface area (Å²) in [4.78, 5) is 6.83. The molecule has 0 aliphatic carbocycles. The van der Waals surface area contributed by atoms with Crippen molar-refractivity contribution in [1.29, 1.82) is 0 Å². The van der Waals surface area contributed by atoms with Gasteiger partial charge in [0.05, 0.1) is 0 Å². The van der Waals surface area contributed by atoms with E-state index in [1.165, 1.54) is 11.1 Å². The Kier molecular flexibility index (Phi) is 3.31. The molecule has 0 unspecified atom stereocenters. The van der Waals surface area contributed by atoms with Crippen molar-refractivity contribution >= 4 is 11.6 Å². The van der Waals surface area contributed by atoms with E-state index in [4.69, 9.17) is 11.6 Å². The summed E-state index contributed by atoms with van der Waals surface area (Å²) in [6.07, 6.45) is 2.79. The predicted molar refractivity (Wildman–Crippen MR) is 73.5 cm³/mol. The SMILES string of the molecule is Clc1ccnc2c1CN(Cc1ccccc1)CC2. The van der Waals surface area contributed by atoms with Crippen molar-refractivity contribution in [2.75, 3.05) is 6.54 Å². The highest BCUT2D eigenvalue weighted by Gasteiger charge is 2.19. The first-order chi connectivity index (χ1) is 8.83. The van der Waals surface area contributed by atoms with Crippen LogP contribution in [0.25, 0.3) is 0 Å². The van der Waals surface area contributed by atoms with E-state index >= 15 is 0 Å². The Morgan fingerprint density at radius 2 is 2.00 bits per heavy atom. The Labute approximate surface area is 112 Å². The molecule has 2 aromatic rings. The molecule has 0 saturated carbocycles. The zero-order valence-electron chi connectivity index (χ0n) is 10.1. The van der Waals surface area contributed by atoms with Crippen LogP contribution in [0.15, 0.2) is 42.6 Å². The van der Waals surface area contributed by atoms with E-state index in [1.807, 2.05) is 6.07 Å². The molecular weight excluding hydrogens is 244 g/mol. The lowest BCUT2D eigenvalue weighted by atomic mass is 10.0. The lowest BCUT2D eigenvalue weighted by molar-refractivity contribution is 0.243. The molecule has 0 radical (unpaired) electrons. The third-order valence-electron chi connectivity index (χ3n) is 3.38. The summed E-state index contributed by atoms with van der Waals surface area (Å²) in [5.74, 6) is 0. The molecule has 1 aromatic carbocycles. The van der Waals surface area contributed by atoms with E-state index in [2.05, 4.69) is 40.2 Å². The minimum atomic E-state index is 0.845. The van der Waals surface area contributed by atoms with E-state index in [0.717, 1.165) is 36.8 Å². The van der Waals surface area contributed by atoms with Gasteiger partial charge >= 0.3 is 0 Å². The second-order valence-corrected chi connectivity index (χ2v) is 5.07. The first-order valence-corrected chi connectivity index (χ1v) is 6.59. The third-order valence-corrected chi connectivity index (χ3v) is 3.74. The van der Waals surface area contributed by atoms with Crippen LogP contribution in [0.2, 0.25) is 5.02 Å². The zero-order chi connectivity index (χ0) is 12.4. The molecule has 1 aliphatic heterocycles. The fourth-order valence-corrected chi connectivity index (χ4v) is 2.66. The van der Waals surface area contributed by atoms with Crippen LogP contribution in [0.5, 0.6) is 0 Å². The van der Waals surface area contributed by atoms with Crippen molar-refractivity contribution in [3.63, 3.8) is 0 Å². The molecule has 3 rings (SSSR count). The van der Waals surface area contributed by atoms with Gasteiger partial charge in [-0.05, 0) is 11.6 Å². The number of rotatable bonds is 2. The smallest absolute Gasteiger partial charge is 0.0484 e. The molecule has 1 aliphatic rings. The van der Waals surface area contributed by atoms with Crippen molar-refractivity contribution in [2.45, 2.75) is 19.5 Å². The fourth-order valence-electron chi connectivity index (χ4n) is 2.43. The van der Waals surface area contributed by atoms with Crippen LogP contribution >= 0.6 is 11.6 Å². The van der Waals surface area contributed by atoms with E-state index in [0.29, 0.717) is 0 Å². The molecule has 0 atom stereocenters. The first-order valence-electron chi connectivity index (χ1n) is 6.21. The number of hydrogen-bond donors (Lipinski definition) is 0. The number of aromatic nitrogens is 1. The highest BCUT2D eigenvalue weighted by molar-refractivity contribution is 6.31. The molecule has 2 nitrogen and oxygen atoms in total. The molecule has 0 N–H and O–H groups in total. The molecule has 0 saturated heterocycles. The summed E-state index contributed by atoms with van der Waals surface area (Å²) in [6, 6.07) is 12.4. The van der Waals surface area contributed by atoms with Crippen molar-refractivity contribution in [2.24, 2.45) is 0 Å². The number of nitrogens with zero attached hydrogens (tertiary/aromatic N) is 2. The molecule has 2 heterocycles. The molecule has 1 aromatic heterocycles. The molecule has 0 fully saturated rings.